The molecule has 1 amide bonds. The number of likely N-dealkylation sites (N-methyl/N-ethyl adjacent to an activating group) is 1. The molecule has 1 unspecified atom stereocenters. The maximum absolute atomic E-state index is 12.9. The Kier molecular flexibility index (Phi) is 10.5. The molecule has 7 heteroatoms. The fraction of sp³-hybridized carbons (Fsp3) is 0.536. The average Bonchev–Trinajstić information content (AvgIpc) is 2.84. The summed E-state index contributed by atoms with van der Waals surface area (Å²) in [4.78, 5) is 16.8. The molecule has 0 spiro atoms. The van der Waals surface area contributed by atoms with Crippen LogP contribution in [0.3, 0.4) is 0 Å². The van der Waals surface area contributed by atoms with Gasteiger partial charge >= 0.3 is 0 Å². The number of aliphatic hydroxyl groups excluding tert-OH is 2. The van der Waals surface area contributed by atoms with Gasteiger partial charge in [-0.1, -0.05) is 38.1 Å². The molecule has 0 saturated carbocycles. The van der Waals surface area contributed by atoms with E-state index < -0.39 is 6.10 Å². The van der Waals surface area contributed by atoms with E-state index in [1.54, 1.807) is 13.1 Å². The number of hydrogen-bond acceptors (Lipinski definition) is 6. The Bertz CT molecular complexity index is 949. The van der Waals surface area contributed by atoms with Gasteiger partial charge in [-0.25, -0.2) is 0 Å². The summed E-state index contributed by atoms with van der Waals surface area (Å²) in [5, 5.41) is 18.8. The van der Waals surface area contributed by atoms with Crippen LogP contribution in [0, 0.1) is 5.92 Å². The minimum absolute atomic E-state index is 0.0651. The molecule has 2 bridgehead atoms. The standard InChI is InChI=1S/C28H40N2O5/c1-21(2)9-10-30-11-12-34-13-14-35-27-8-7-24(28(33)29(3)19-26(32)20-31)17-25(27)16-22-5-4-6-23(15-22)18-30/h4-8,15,17,21,26,31-32H,9-14,16,18-20H2,1-3H3. The number of hydrogen-bond donors (Lipinski definition) is 2. The number of rotatable bonds is 7. The number of carbonyl (C=O) groups excluding carboxylic acids is 1. The van der Waals surface area contributed by atoms with Gasteiger partial charge < -0.3 is 24.6 Å². The van der Waals surface area contributed by atoms with Gasteiger partial charge in [-0.2, -0.15) is 0 Å². The Morgan fingerprint density at radius 3 is 2.69 bits per heavy atom. The average molecular weight is 485 g/mol. The summed E-state index contributed by atoms with van der Waals surface area (Å²) < 4.78 is 11.9. The molecule has 0 radical (unpaired) electrons. The lowest BCUT2D eigenvalue weighted by molar-refractivity contribution is 0.0520. The summed E-state index contributed by atoms with van der Waals surface area (Å²) in [6.07, 6.45) is 0.823. The van der Waals surface area contributed by atoms with Crippen molar-refractivity contribution in [3.05, 3.63) is 64.7 Å². The van der Waals surface area contributed by atoms with Crippen LogP contribution in [0.15, 0.2) is 42.5 Å². The van der Waals surface area contributed by atoms with E-state index in [-0.39, 0.29) is 19.1 Å². The Labute approximate surface area is 209 Å². The van der Waals surface area contributed by atoms with Crippen LogP contribution in [0.5, 0.6) is 5.75 Å². The van der Waals surface area contributed by atoms with E-state index in [0.29, 0.717) is 37.7 Å². The minimum Gasteiger partial charge on any atom is -0.491 e. The molecule has 0 aromatic heterocycles. The first kappa shape index (κ1) is 27.1. The maximum atomic E-state index is 12.9. The largest absolute Gasteiger partial charge is 0.491 e. The van der Waals surface area contributed by atoms with E-state index >= 15 is 0 Å². The van der Waals surface area contributed by atoms with Gasteiger partial charge in [0.1, 0.15) is 12.4 Å². The second-order valence-corrected chi connectivity index (χ2v) is 9.76. The molecule has 3 rings (SSSR count). The van der Waals surface area contributed by atoms with Crippen LogP contribution in [0.4, 0.5) is 0 Å². The number of carbonyl (C=O) groups is 1. The molecule has 1 aliphatic rings. The topological polar surface area (TPSA) is 82.5 Å². The van der Waals surface area contributed by atoms with Crippen molar-refractivity contribution >= 4 is 5.91 Å². The van der Waals surface area contributed by atoms with Crippen LogP contribution in [0.25, 0.3) is 0 Å². The number of aliphatic hydroxyl groups is 2. The molecular weight excluding hydrogens is 444 g/mol. The van der Waals surface area contributed by atoms with Gasteiger partial charge in [0.05, 0.1) is 25.9 Å². The zero-order chi connectivity index (χ0) is 25.2. The van der Waals surface area contributed by atoms with Crippen LogP contribution in [-0.2, 0) is 17.7 Å². The van der Waals surface area contributed by atoms with E-state index in [4.69, 9.17) is 14.6 Å². The lowest BCUT2D eigenvalue weighted by atomic mass is 9.99. The molecule has 35 heavy (non-hydrogen) atoms. The maximum Gasteiger partial charge on any atom is 0.253 e. The predicted molar refractivity (Wildman–Crippen MR) is 137 cm³/mol. The third-order valence-electron chi connectivity index (χ3n) is 6.20. The Morgan fingerprint density at radius 2 is 1.91 bits per heavy atom. The second-order valence-electron chi connectivity index (χ2n) is 9.76. The lowest BCUT2D eigenvalue weighted by Gasteiger charge is -2.24. The summed E-state index contributed by atoms with van der Waals surface area (Å²) in [6, 6.07) is 14.0. The molecule has 192 valence electrons. The van der Waals surface area contributed by atoms with Crippen LogP contribution in [-0.4, -0.2) is 85.1 Å². The Hall–Kier alpha value is -2.45. The third-order valence-corrected chi connectivity index (χ3v) is 6.20. The SMILES string of the molecule is CC(C)CCN1CCOCCOc2ccc(C(=O)N(C)CC(O)CO)cc2Cc2cccc(c2)C1. The number of fused-ring (bicyclic) bond motifs is 3. The molecule has 2 N–H and O–H groups in total. The highest BCUT2D eigenvalue weighted by Gasteiger charge is 2.18. The first-order valence-corrected chi connectivity index (χ1v) is 12.5. The van der Waals surface area contributed by atoms with E-state index in [2.05, 4.69) is 43.0 Å². The highest BCUT2D eigenvalue weighted by atomic mass is 16.5. The molecule has 1 atom stereocenters. The van der Waals surface area contributed by atoms with Crippen LogP contribution >= 0.6 is 0 Å². The zero-order valence-electron chi connectivity index (χ0n) is 21.3. The highest BCUT2D eigenvalue weighted by Crippen LogP contribution is 2.25. The van der Waals surface area contributed by atoms with Gasteiger partial charge in [-0.15, -0.1) is 0 Å². The number of ether oxygens (including phenoxy) is 2. The second kappa shape index (κ2) is 13.6. The molecule has 1 heterocycles. The van der Waals surface area contributed by atoms with E-state index in [9.17, 15) is 9.90 Å². The number of benzene rings is 2. The Morgan fingerprint density at radius 1 is 1.11 bits per heavy atom. The molecule has 0 saturated heterocycles. The molecular formula is C28H40N2O5. The normalized spacial score (nSPS) is 16.2. The van der Waals surface area contributed by atoms with Gasteiger partial charge in [0.2, 0.25) is 0 Å². The first-order chi connectivity index (χ1) is 16.9. The fourth-order valence-electron chi connectivity index (χ4n) is 4.20. The highest BCUT2D eigenvalue weighted by molar-refractivity contribution is 5.94. The number of amides is 1. The summed E-state index contributed by atoms with van der Waals surface area (Å²) in [6.45, 7) is 8.59. The van der Waals surface area contributed by atoms with Crippen molar-refractivity contribution in [1.29, 1.82) is 0 Å². The molecule has 0 fully saturated rings. The summed E-state index contributed by atoms with van der Waals surface area (Å²) in [5.74, 6) is 1.19. The molecule has 2 aromatic carbocycles. The quantitative estimate of drug-likeness (QED) is 0.629. The molecule has 1 aliphatic heterocycles. The molecule has 0 aliphatic carbocycles. The summed E-state index contributed by atoms with van der Waals surface area (Å²) in [7, 11) is 1.62. The molecule has 2 aromatic rings. The minimum atomic E-state index is -0.965. The van der Waals surface area contributed by atoms with E-state index in [1.807, 2.05) is 12.1 Å². The van der Waals surface area contributed by atoms with Crippen molar-refractivity contribution < 1.29 is 24.5 Å². The fourth-order valence-corrected chi connectivity index (χ4v) is 4.20. The van der Waals surface area contributed by atoms with Crippen LogP contribution in [0.2, 0.25) is 0 Å². The van der Waals surface area contributed by atoms with Crippen molar-refractivity contribution in [3.63, 3.8) is 0 Å². The van der Waals surface area contributed by atoms with E-state index in [0.717, 1.165) is 42.9 Å². The Balaban J connectivity index is 1.84. The summed E-state index contributed by atoms with van der Waals surface area (Å²) >= 11 is 0. The first-order valence-electron chi connectivity index (χ1n) is 12.5. The zero-order valence-corrected chi connectivity index (χ0v) is 21.3. The van der Waals surface area contributed by atoms with Gasteiger partial charge in [-0.05, 0) is 53.8 Å². The van der Waals surface area contributed by atoms with Crippen LogP contribution in [0.1, 0.15) is 47.3 Å². The predicted octanol–water partition coefficient (Wildman–Crippen LogP) is 2.96. The lowest BCUT2D eigenvalue weighted by Crippen LogP contribution is -2.35. The van der Waals surface area contributed by atoms with Gasteiger partial charge in [-0.3, -0.25) is 9.69 Å². The van der Waals surface area contributed by atoms with Gasteiger partial charge in [0.25, 0.3) is 5.91 Å². The van der Waals surface area contributed by atoms with Crippen molar-refractivity contribution in [1.82, 2.24) is 9.80 Å². The van der Waals surface area contributed by atoms with Gasteiger partial charge in [0.15, 0.2) is 0 Å². The van der Waals surface area contributed by atoms with Crippen molar-refractivity contribution in [2.45, 2.75) is 39.3 Å². The smallest absolute Gasteiger partial charge is 0.253 e. The van der Waals surface area contributed by atoms with Crippen molar-refractivity contribution in [2.24, 2.45) is 5.92 Å². The van der Waals surface area contributed by atoms with Crippen molar-refractivity contribution in [2.75, 3.05) is 53.1 Å². The van der Waals surface area contributed by atoms with Gasteiger partial charge in [0, 0.05) is 38.7 Å². The number of nitrogens with zero attached hydrogens (tertiary/aromatic N) is 2. The third kappa shape index (κ3) is 8.61. The summed E-state index contributed by atoms with van der Waals surface area (Å²) in [5.41, 5.74) is 3.88. The van der Waals surface area contributed by atoms with E-state index in [1.165, 1.54) is 10.5 Å². The molecule has 7 nitrogen and oxygen atoms in total. The monoisotopic (exact) mass is 484 g/mol. The van der Waals surface area contributed by atoms with Crippen LogP contribution < -0.4 is 4.74 Å². The van der Waals surface area contributed by atoms with Crippen molar-refractivity contribution in [3.8, 4) is 5.75 Å².